The summed E-state index contributed by atoms with van der Waals surface area (Å²) in [5.74, 6) is 2.36. The minimum Gasteiger partial charge on any atom is -0.497 e. The SMILES string of the molecule is CCC(N)Cc1ccc(Oc2cccc(OC)c2)cc1. The fourth-order valence-electron chi connectivity index (χ4n) is 1.94. The summed E-state index contributed by atoms with van der Waals surface area (Å²) in [6, 6.07) is 15.8. The Morgan fingerprint density at radius 1 is 1.00 bits per heavy atom. The van der Waals surface area contributed by atoms with E-state index in [2.05, 4.69) is 19.1 Å². The van der Waals surface area contributed by atoms with E-state index in [9.17, 15) is 0 Å². The minimum atomic E-state index is 0.222. The van der Waals surface area contributed by atoms with Crippen molar-refractivity contribution in [3.63, 3.8) is 0 Å². The van der Waals surface area contributed by atoms with Crippen LogP contribution in [-0.2, 0) is 6.42 Å². The van der Waals surface area contributed by atoms with E-state index in [1.165, 1.54) is 5.56 Å². The number of hydrogen-bond donors (Lipinski definition) is 1. The Hall–Kier alpha value is -2.00. The van der Waals surface area contributed by atoms with Gasteiger partial charge in [-0.25, -0.2) is 0 Å². The van der Waals surface area contributed by atoms with Crippen molar-refractivity contribution in [1.29, 1.82) is 0 Å². The Kier molecular flexibility index (Phi) is 5.02. The van der Waals surface area contributed by atoms with Crippen molar-refractivity contribution in [1.82, 2.24) is 0 Å². The third-order valence-electron chi connectivity index (χ3n) is 3.22. The summed E-state index contributed by atoms with van der Waals surface area (Å²) in [4.78, 5) is 0. The Labute approximate surface area is 120 Å². The summed E-state index contributed by atoms with van der Waals surface area (Å²) in [6.07, 6.45) is 1.89. The molecule has 0 radical (unpaired) electrons. The van der Waals surface area contributed by atoms with E-state index in [1.54, 1.807) is 7.11 Å². The molecular formula is C17H21NO2. The molecule has 2 aromatic carbocycles. The first-order chi connectivity index (χ1) is 9.71. The zero-order valence-corrected chi connectivity index (χ0v) is 12.0. The van der Waals surface area contributed by atoms with Crippen molar-refractivity contribution in [3.05, 3.63) is 54.1 Å². The average molecular weight is 271 g/mol. The Morgan fingerprint density at radius 3 is 2.35 bits per heavy atom. The van der Waals surface area contributed by atoms with Crippen molar-refractivity contribution in [2.75, 3.05) is 7.11 Å². The van der Waals surface area contributed by atoms with Crippen molar-refractivity contribution < 1.29 is 9.47 Å². The van der Waals surface area contributed by atoms with E-state index >= 15 is 0 Å². The molecule has 0 spiro atoms. The number of hydrogen-bond acceptors (Lipinski definition) is 3. The Balaban J connectivity index is 2.02. The molecule has 1 unspecified atom stereocenters. The number of nitrogens with two attached hydrogens (primary N) is 1. The molecule has 0 aliphatic carbocycles. The lowest BCUT2D eigenvalue weighted by Crippen LogP contribution is -2.21. The summed E-state index contributed by atoms with van der Waals surface area (Å²) in [5, 5.41) is 0. The molecule has 20 heavy (non-hydrogen) atoms. The van der Waals surface area contributed by atoms with Crippen LogP contribution >= 0.6 is 0 Å². The number of ether oxygens (including phenoxy) is 2. The molecule has 0 saturated carbocycles. The second kappa shape index (κ2) is 6.96. The van der Waals surface area contributed by atoms with Crippen LogP contribution < -0.4 is 15.2 Å². The first-order valence-electron chi connectivity index (χ1n) is 6.87. The molecule has 0 aliphatic rings. The molecular weight excluding hydrogens is 250 g/mol. The van der Waals surface area contributed by atoms with Gasteiger partial charge in [0.15, 0.2) is 0 Å². The quantitative estimate of drug-likeness (QED) is 0.869. The van der Waals surface area contributed by atoms with Crippen LogP contribution in [0.5, 0.6) is 17.2 Å². The lowest BCUT2D eigenvalue weighted by molar-refractivity contribution is 0.409. The summed E-state index contributed by atoms with van der Waals surface area (Å²) in [5.41, 5.74) is 7.19. The summed E-state index contributed by atoms with van der Waals surface area (Å²) < 4.78 is 11.0. The number of methoxy groups -OCH3 is 1. The molecule has 2 aromatic rings. The van der Waals surface area contributed by atoms with Gasteiger partial charge >= 0.3 is 0 Å². The largest absolute Gasteiger partial charge is 0.497 e. The minimum absolute atomic E-state index is 0.222. The van der Waals surface area contributed by atoms with Gasteiger partial charge in [-0.1, -0.05) is 25.1 Å². The van der Waals surface area contributed by atoms with Gasteiger partial charge in [-0.15, -0.1) is 0 Å². The molecule has 106 valence electrons. The van der Waals surface area contributed by atoms with Gasteiger partial charge in [0.1, 0.15) is 17.2 Å². The van der Waals surface area contributed by atoms with Gasteiger partial charge in [0, 0.05) is 12.1 Å². The molecule has 0 amide bonds. The second-order valence-electron chi connectivity index (χ2n) is 4.80. The van der Waals surface area contributed by atoms with Crippen LogP contribution in [0.15, 0.2) is 48.5 Å². The smallest absolute Gasteiger partial charge is 0.131 e. The molecule has 3 heteroatoms. The van der Waals surface area contributed by atoms with Gasteiger partial charge in [-0.05, 0) is 42.7 Å². The zero-order chi connectivity index (χ0) is 14.4. The topological polar surface area (TPSA) is 44.5 Å². The normalized spacial score (nSPS) is 11.9. The van der Waals surface area contributed by atoms with Crippen LogP contribution in [0, 0.1) is 0 Å². The lowest BCUT2D eigenvalue weighted by Gasteiger charge is -2.10. The maximum atomic E-state index is 5.95. The first-order valence-corrected chi connectivity index (χ1v) is 6.87. The number of rotatable bonds is 6. The lowest BCUT2D eigenvalue weighted by atomic mass is 10.0. The van der Waals surface area contributed by atoms with Crippen LogP contribution in [0.2, 0.25) is 0 Å². The predicted molar refractivity (Wildman–Crippen MR) is 81.5 cm³/mol. The molecule has 0 bridgehead atoms. The molecule has 0 saturated heterocycles. The van der Waals surface area contributed by atoms with E-state index in [0.29, 0.717) is 0 Å². The predicted octanol–water partition coefficient (Wildman–Crippen LogP) is 3.77. The van der Waals surface area contributed by atoms with Crippen molar-refractivity contribution in [2.24, 2.45) is 5.73 Å². The molecule has 0 aliphatic heterocycles. The van der Waals surface area contributed by atoms with Gasteiger partial charge < -0.3 is 15.2 Å². The van der Waals surface area contributed by atoms with Gasteiger partial charge in [-0.2, -0.15) is 0 Å². The van der Waals surface area contributed by atoms with Crippen molar-refractivity contribution in [3.8, 4) is 17.2 Å². The van der Waals surface area contributed by atoms with Crippen LogP contribution in [0.4, 0.5) is 0 Å². The van der Waals surface area contributed by atoms with Crippen LogP contribution in [-0.4, -0.2) is 13.2 Å². The Bertz CT molecular complexity index is 537. The highest BCUT2D eigenvalue weighted by molar-refractivity contribution is 5.37. The highest BCUT2D eigenvalue weighted by Gasteiger charge is 2.03. The van der Waals surface area contributed by atoms with Gasteiger partial charge in [0.05, 0.1) is 7.11 Å². The molecule has 2 N–H and O–H groups in total. The summed E-state index contributed by atoms with van der Waals surface area (Å²) in [6.45, 7) is 2.10. The monoisotopic (exact) mass is 271 g/mol. The third-order valence-corrected chi connectivity index (χ3v) is 3.22. The highest BCUT2D eigenvalue weighted by Crippen LogP contribution is 2.25. The third kappa shape index (κ3) is 4.00. The fraction of sp³-hybridized carbons (Fsp3) is 0.294. The van der Waals surface area contributed by atoms with E-state index in [0.717, 1.165) is 30.1 Å². The number of benzene rings is 2. The molecule has 3 nitrogen and oxygen atoms in total. The molecule has 0 aromatic heterocycles. The van der Waals surface area contributed by atoms with E-state index < -0.39 is 0 Å². The zero-order valence-electron chi connectivity index (χ0n) is 12.0. The second-order valence-corrected chi connectivity index (χ2v) is 4.80. The molecule has 0 heterocycles. The van der Waals surface area contributed by atoms with E-state index in [-0.39, 0.29) is 6.04 Å². The van der Waals surface area contributed by atoms with Crippen molar-refractivity contribution in [2.45, 2.75) is 25.8 Å². The van der Waals surface area contributed by atoms with E-state index in [4.69, 9.17) is 15.2 Å². The van der Waals surface area contributed by atoms with Gasteiger partial charge in [0.25, 0.3) is 0 Å². The summed E-state index contributed by atoms with van der Waals surface area (Å²) in [7, 11) is 1.64. The Morgan fingerprint density at radius 2 is 1.70 bits per heavy atom. The molecule has 1 atom stereocenters. The fourth-order valence-corrected chi connectivity index (χ4v) is 1.94. The molecule has 2 rings (SSSR count). The maximum absolute atomic E-state index is 5.95. The summed E-state index contributed by atoms with van der Waals surface area (Å²) >= 11 is 0. The van der Waals surface area contributed by atoms with Gasteiger partial charge in [0.2, 0.25) is 0 Å². The van der Waals surface area contributed by atoms with Crippen molar-refractivity contribution >= 4 is 0 Å². The van der Waals surface area contributed by atoms with Crippen LogP contribution in [0.25, 0.3) is 0 Å². The first kappa shape index (κ1) is 14.4. The van der Waals surface area contributed by atoms with Gasteiger partial charge in [-0.3, -0.25) is 0 Å². The van der Waals surface area contributed by atoms with Crippen LogP contribution in [0.1, 0.15) is 18.9 Å². The van der Waals surface area contributed by atoms with E-state index in [1.807, 2.05) is 36.4 Å². The van der Waals surface area contributed by atoms with Crippen LogP contribution in [0.3, 0.4) is 0 Å². The highest BCUT2D eigenvalue weighted by atomic mass is 16.5. The standard InChI is InChI=1S/C17H21NO2/c1-3-14(18)11-13-7-9-15(10-8-13)20-17-6-4-5-16(12-17)19-2/h4-10,12,14H,3,11,18H2,1-2H3. The molecule has 0 fully saturated rings. The maximum Gasteiger partial charge on any atom is 0.131 e. The average Bonchev–Trinajstić information content (AvgIpc) is 2.49.